The van der Waals surface area contributed by atoms with Gasteiger partial charge in [-0.05, 0) is 30.7 Å². The molecule has 0 atom stereocenters. The number of aromatic nitrogens is 3. The van der Waals surface area contributed by atoms with Crippen LogP contribution in [0.4, 0.5) is 0 Å². The Balaban J connectivity index is 1.72. The van der Waals surface area contributed by atoms with E-state index in [1.165, 1.54) is 11.3 Å². The highest BCUT2D eigenvalue weighted by atomic mass is 35.5. The van der Waals surface area contributed by atoms with Crippen LogP contribution in [-0.2, 0) is 6.54 Å². The number of rotatable bonds is 4. The fraction of sp³-hybridized carbons (Fsp3) is 0.125. The summed E-state index contributed by atoms with van der Waals surface area (Å²) in [7, 11) is 0. The first-order valence-electron chi connectivity index (χ1n) is 6.90. The Labute approximate surface area is 142 Å². The minimum Gasteiger partial charge on any atom is -0.347 e. The number of halogens is 1. The van der Waals surface area contributed by atoms with Crippen molar-refractivity contribution in [2.75, 3.05) is 0 Å². The van der Waals surface area contributed by atoms with Gasteiger partial charge in [0.1, 0.15) is 15.0 Å². The maximum atomic E-state index is 12.3. The highest BCUT2D eigenvalue weighted by molar-refractivity contribution is 7.17. The third kappa shape index (κ3) is 3.72. The summed E-state index contributed by atoms with van der Waals surface area (Å²) in [6.45, 7) is 2.22. The Morgan fingerprint density at radius 1 is 1.30 bits per heavy atom. The molecule has 116 valence electrons. The highest BCUT2D eigenvalue weighted by Crippen LogP contribution is 2.27. The molecule has 0 bridgehead atoms. The Kier molecular flexibility index (Phi) is 4.64. The van der Waals surface area contributed by atoms with E-state index in [1.807, 2.05) is 25.1 Å². The number of thiazole rings is 1. The fourth-order valence-electron chi connectivity index (χ4n) is 1.99. The van der Waals surface area contributed by atoms with Crippen molar-refractivity contribution in [1.29, 1.82) is 0 Å². The molecule has 0 spiro atoms. The first kappa shape index (κ1) is 15.6. The molecule has 7 heteroatoms. The molecular weight excluding hydrogens is 332 g/mol. The molecule has 0 radical (unpaired) electrons. The summed E-state index contributed by atoms with van der Waals surface area (Å²) < 4.78 is 0. The molecule has 0 aliphatic heterocycles. The summed E-state index contributed by atoms with van der Waals surface area (Å²) in [5.41, 5.74) is 2.50. The Morgan fingerprint density at radius 3 is 2.87 bits per heavy atom. The van der Waals surface area contributed by atoms with E-state index < -0.39 is 0 Å². The maximum Gasteiger partial charge on any atom is 0.263 e. The Morgan fingerprint density at radius 2 is 2.17 bits per heavy atom. The van der Waals surface area contributed by atoms with E-state index in [1.54, 1.807) is 24.7 Å². The lowest BCUT2D eigenvalue weighted by atomic mass is 10.3. The van der Waals surface area contributed by atoms with Crippen LogP contribution in [0.3, 0.4) is 0 Å². The molecule has 5 nitrogen and oxygen atoms in total. The predicted octanol–water partition coefficient (Wildman–Crippen LogP) is 3.49. The van der Waals surface area contributed by atoms with E-state index in [2.05, 4.69) is 20.3 Å². The fourth-order valence-corrected chi connectivity index (χ4v) is 3.08. The van der Waals surface area contributed by atoms with Gasteiger partial charge >= 0.3 is 0 Å². The predicted molar refractivity (Wildman–Crippen MR) is 90.5 cm³/mol. The molecule has 0 saturated heterocycles. The number of hydrogen-bond acceptors (Lipinski definition) is 5. The van der Waals surface area contributed by atoms with Gasteiger partial charge in [-0.15, -0.1) is 11.3 Å². The van der Waals surface area contributed by atoms with Gasteiger partial charge < -0.3 is 5.32 Å². The average Bonchev–Trinajstić information content (AvgIpc) is 2.97. The first-order chi connectivity index (χ1) is 11.1. The second-order valence-corrected chi connectivity index (χ2v) is 6.23. The van der Waals surface area contributed by atoms with E-state index in [0.717, 1.165) is 16.1 Å². The van der Waals surface area contributed by atoms with Crippen LogP contribution in [0.15, 0.2) is 42.9 Å². The number of nitrogens with zero attached hydrogens (tertiary/aromatic N) is 3. The minimum atomic E-state index is -0.148. The SMILES string of the molecule is Cc1nc(-c2cccnc2)sc1C(=O)NCc1ccc(Cl)nc1. The molecular formula is C16H13ClN4OS. The van der Waals surface area contributed by atoms with E-state index in [0.29, 0.717) is 22.3 Å². The minimum absolute atomic E-state index is 0.148. The van der Waals surface area contributed by atoms with Crippen molar-refractivity contribution >= 4 is 28.8 Å². The summed E-state index contributed by atoms with van der Waals surface area (Å²) in [5.74, 6) is -0.148. The lowest BCUT2D eigenvalue weighted by Crippen LogP contribution is -2.22. The van der Waals surface area contributed by atoms with Crippen LogP contribution in [0.25, 0.3) is 10.6 Å². The number of pyridine rings is 2. The van der Waals surface area contributed by atoms with Crippen molar-refractivity contribution in [1.82, 2.24) is 20.3 Å². The largest absolute Gasteiger partial charge is 0.347 e. The van der Waals surface area contributed by atoms with Gasteiger partial charge in [-0.2, -0.15) is 0 Å². The third-order valence-corrected chi connectivity index (χ3v) is 4.58. The van der Waals surface area contributed by atoms with Crippen molar-refractivity contribution in [3.63, 3.8) is 0 Å². The summed E-state index contributed by atoms with van der Waals surface area (Å²) in [6.07, 6.45) is 5.08. The van der Waals surface area contributed by atoms with E-state index in [4.69, 9.17) is 11.6 Å². The molecule has 0 saturated carbocycles. The van der Waals surface area contributed by atoms with Crippen molar-refractivity contribution < 1.29 is 4.79 Å². The van der Waals surface area contributed by atoms with E-state index in [-0.39, 0.29) is 5.91 Å². The Hall–Kier alpha value is -2.31. The van der Waals surface area contributed by atoms with Gasteiger partial charge in [0.15, 0.2) is 0 Å². The van der Waals surface area contributed by atoms with Gasteiger partial charge in [0, 0.05) is 30.7 Å². The average molecular weight is 345 g/mol. The lowest BCUT2D eigenvalue weighted by molar-refractivity contribution is 0.0954. The molecule has 0 fully saturated rings. The molecule has 0 aliphatic rings. The molecule has 3 rings (SSSR count). The molecule has 3 aromatic heterocycles. The normalized spacial score (nSPS) is 10.5. The number of aryl methyl sites for hydroxylation is 1. The van der Waals surface area contributed by atoms with Crippen molar-refractivity contribution in [2.45, 2.75) is 13.5 Å². The van der Waals surface area contributed by atoms with Crippen LogP contribution in [0.2, 0.25) is 5.15 Å². The summed E-state index contributed by atoms with van der Waals surface area (Å²) in [6, 6.07) is 7.30. The number of nitrogens with one attached hydrogen (secondary N) is 1. The number of carbonyl (C=O) groups excluding carboxylic acids is 1. The van der Waals surface area contributed by atoms with E-state index in [9.17, 15) is 4.79 Å². The van der Waals surface area contributed by atoms with Crippen LogP contribution >= 0.6 is 22.9 Å². The molecule has 1 N–H and O–H groups in total. The third-order valence-electron chi connectivity index (χ3n) is 3.15. The number of hydrogen-bond donors (Lipinski definition) is 1. The van der Waals surface area contributed by atoms with Crippen molar-refractivity contribution in [2.24, 2.45) is 0 Å². The standard InChI is InChI=1S/C16H13ClN4OS/c1-10-14(23-16(21-10)12-3-2-6-18-9-12)15(22)20-8-11-4-5-13(17)19-7-11/h2-7,9H,8H2,1H3,(H,20,22). The maximum absolute atomic E-state index is 12.3. The van der Waals surface area contributed by atoms with Crippen LogP contribution in [0, 0.1) is 6.92 Å². The van der Waals surface area contributed by atoms with Gasteiger partial charge in [-0.25, -0.2) is 9.97 Å². The van der Waals surface area contributed by atoms with Crippen LogP contribution in [0.5, 0.6) is 0 Å². The summed E-state index contributed by atoms with van der Waals surface area (Å²) in [5, 5.41) is 4.09. The van der Waals surface area contributed by atoms with Crippen molar-refractivity contribution in [3.8, 4) is 10.6 Å². The molecule has 0 aromatic carbocycles. The number of amides is 1. The van der Waals surface area contributed by atoms with Crippen LogP contribution in [0.1, 0.15) is 20.9 Å². The number of carbonyl (C=O) groups is 1. The molecule has 3 heterocycles. The molecule has 0 aliphatic carbocycles. The molecule has 0 unspecified atom stereocenters. The van der Waals surface area contributed by atoms with Crippen LogP contribution < -0.4 is 5.32 Å². The quantitative estimate of drug-likeness (QED) is 0.735. The monoisotopic (exact) mass is 344 g/mol. The van der Waals surface area contributed by atoms with Crippen molar-refractivity contribution in [3.05, 3.63) is 64.1 Å². The van der Waals surface area contributed by atoms with E-state index >= 15 is 0 Å². The van der Waals surface area contributed by atoms with Gasteiger partial charge in [0.05, 0.1) is 5.69 Å². The van der Waals surface area contributed by atoms with Crippen LogP contribution in [-0.4, -0.2) is 20.9 Å². The smallest absolute Gasteiger partial charge is 0.263 e. The second-order valence-electron chi connectivity index (χ2n) is 4.85. The van der Waals surface area contributed by atoms with Gasteiger partial charge in [0.25, 0.3) is 5.91 Å². The summed E-state index contributed by atoms with van der Waals surface area (Å²) in [4.78, 5) is 25.5. The molecule has 1 amide bonds. The lowest BCUT2D eigenvalue weighted by Gasteiger charge is -2.03. The highest BCUT2D eigenvalue weighted by Gasteiger charge is 2.16. The first-order valence-corrected chi connectivity index (χ1v) is 8.09. The zero-order chi connectivity index (χ0) is 16.2. The summed E-state index contributed by atoms with van der Waals surface area (Å²) >= 11 is 7.10. The van der Waals surface area contributed by atoms with Gasteiger partial charge in [-0.3, -0.25) is 9.78 Å². The molecule has 3 aromatic rings. The molecule has 23 heavy (non-hydrogen) atoms. The van der Waals surface area contributed by atoms with Gasteiger partial charge in [-0.1, -0.05) is 17.7 Å². The van der Waals surface area contributed by atoms with Gasteiger partial charge in [0.2, 0.25) is 0 Å². The zero-order valence-corrected chi connectivity index (χ0v) is 13.9. The second kappa shape index (κ2) is 6.85. The Bertz CT molecular complexity index is 818. The zero-order valence-electron chi connectivity index (χ0n) is 12.3. The topological polar surface area (TPSA) is 67.8 Å².